The van der Waals surface area contributed by atoms with Gasteiger partial charge in [0.15, 0.2) is 0 Å². The molecule has 0 atom stereocenters. The third-order valence-electron chi connectivity index (χ3n) is 3.86. The van der Waals surface area contributed by atoms with Gasteiger partial charge in [0.1, 0.15) is 23.3 Å². The molecule has 0 unspecified atom stereocenters. The number of pyridine rings is 1. The summed E-state index contributed by atoms with van der Waals surface area (Å²) in [4.78, 5) is 8.90. The van der Waals surface area contributed by atoms with Crippen molar-refractivity contribution in [2.45, 2.75) is 6.92 Å². The van der Waals surface area contributed by atoms with Gasteiger partial charge < -0.3 is 9.80 Å². The zero-order valence-corrected chi connectivity index (χ0v) is 12.3. The lowest BCUT2D eigenvalue weighted by Crippen LogP contribution is -2.47. The number of rotatable bonds is 2. The van der Waals surface area contributed by atoms with Crippen LogP contribution >= 0.6 is 0 Å². The molecule has 6 heteroatoms. The number of hydrogen-bond acceptors (Lipinski definition) is 5. The van der Waals surface area contributed by atoms with Crippen LogP contribution in [-0.2, 0) is 7.05 Å². The molecule has 1 aliphatic rings. The summed E-state index contributed by atoms with van der Waals surface area (Å²) in [5, 5.41) is 13.7. The van der Waals surface area contributed by atoms with Crippen molar-refractivity contribution in [3.63, 3.8) is 0 Å². The molecule has 3 rings (SSSR count). The molecule has 1 fully saturated rings. The molecular formula is C15H18N6. The Balaban J connectivity index is 1.76. The number of aryl methyl sites for hydroxylation is 2. The van der Waals surface area contributed by atoms with Crippen molar-refractivity contribution < 1.29 is 0 Å². The fourth-order valence-electron chi connectivity index (χ4n) is 2.83. The second-order valence-corrected chi connectivity index (χ2v) is 5.18. The summed E-state index contributed by atoms with van der Waals surface area (Å²) in [6.45, 7) is 5.40. The Labute approximate surface area is 124 Å². The summed E-state index contributed by atoms with van der Waals surface area (Å²) in [6.07, 6.45) is 1.82. The minimum absolute atomic E-state index is 0.684. The van der Waals surface area contributed by atoms with Crippen molar-refractivity contribution in [3.05, 3.63) is 35.7 Å². The van der Waals surface area contributed by atoms with Crippen LogP contribution in [0.3, 0.4) is 0 Å². The second kappa shape index (κ2) is 5.44. The summed E-state index contributed by atoms with van der Waals surface area (Å²) in [5.41, 5.74) is 1.48. The third kappa shape index (κ3) is 2.42. The first-order chi connectivity index (χ1) is 10.2. The normalized spacial score (nSPS) is 15.1. The summed E-state index contributed by atoms with van der Waals surface area (Å²) < 4.78 is 1.81. The highest BCUT2D eigenvalue weighted by atomic mass is 15.4. The van der Waals surface area contributed by atoms with Crippen LogP contribution in [0.2, 0.25) is 0 Å². The first-order valence-corrected chi connectivity index (χ1v) is 7.05. The zero-order valence-electron chi connectivity index (χ0n) is 12.3. The van der Waals surface area contributed by atoms with E-state index in [0.29, 0.717) is 5.56 Å². The largest absolute Gasteiger partial charge is 0.353 e. The molecule has 3 heterocycles. The average molecular weight is 282 g/mol. The molecule has 1 aliphatic heterocycles. The Morgan fingerprint density at radius 1 is 1.14 bits per heavy atom. The van der Waals surface area contributed by atoms with Crippen LogP contribution in [0.4, 0.5) is 11.6 Å². The van der Waals surface area contributed by atoms with Crippen LogP contribution in [0.15, 0.2) is 24.4 Å². The van der Waals surface area contributed by atoms with E-state index >= 15 is 0 Å². The lowest BCUT2D eigenvalue weighted by atomic mass is 10.2. The number of nitrogens with zero attached hydrogens (tertiary/aromatic N) is 6. The van der Waals surface area contributed by atoms with E-state index in [9.17, 15) is 5.26 Å². The molecule has 1 saturated heterocycles. The van der Waals surface area contributed by atoms with Gasteiger partial charge in [0.2, 0.25) is 0 Å². The standard InChI is InChI=1S/C15H18N6/c1-12-13(11-16)15(19(2)18-12)21-9-7-20(8-10-21)14-5-3-4-6-17-14/h3-6H,7-10H2,1-2H3. The van der Waals surface area contributed by atoms with E-state index < -0.39 is 0 Å². The zero-order chi connectivity index (χ0) is 14.8. The van der Waals surface area contributed by atoms with Gasteiger partial charge >= 0.3 is 0 Å². The van der Waals surface area contributed by atoms with E-state index in [1.165, 1.54) is 0 Å². The van der Waals surface area contributed by atoms with E-state index in [-0.39, 0.29) is 0 Å². The van der Waals surface area contributed by atoms with Crippen LogP contribution < -0.4 is 9.80 Å². The van der Waals surface area contributed by atoms with Gasteiger partial charge in [0, 0.05) is 39.4 Å². The SMILES string of the molecule is Cc1nn(C)c(N2CCN(c3ccccn3)CC2)c1C#N. The van der Waals surface area contributed by atoms with Crippen LogP contribution in [-0.4, -0.2) is 40.9 Å². The third-order valence-corrected chi connectivity index (χ3v) is 3.86. The monoisotopic (exact) mass is 282 g/mol. The highest BCUT2D eigenvalue weighted by molar-refractivity contribution is 5.58. The van der Waals surface area contributed by atoms with Gasteiger partial charge in [-0.05, 0) is 19.1 Å². The van der Waals surface area contributed by atoms with E-state index in [1.54, 1.807) is 0 Å². The maximum Gasteiger partial charge on any atom is 0.145 e. The Hall–Kier alpha value is -2.55. The lowest BCUT2D eigenvalue weighted by Gasteiger charge is -2.36. The fourth-order valence-corrected chi connectivity index (χ4v) is 2.83. The Morgan fingerprint density at radius 2 is 1.86 bits per heavy atom. The van der Waals surface area contributed by atoms with Gasteiger partial charge in [-0.15, -0.1) is 0 Å². The Kier molecular flexibility index (Phi) is 3.48. The quantitative estimate of drug-likeness (QED) is 0.831. The van der Waals surface area contributed by atoms with Gasteiger partial charge in [0.25, 0.3) is 0 Å². The molecule has 6 nitrogen and oxygen atoms in total. The van der Waals surface area contributed by atoms with Crippen molar-refractivity contribution in [1.82, 2.24) is 14.8 Å². The maximum absolute atomic E-state index is 9.32. The van der Waals surface area contributed by atoms with Gasteiger partial charge in [-0.1, -0.05) is 6.07 Å². The molecule has 0 bridgehead atoms. The smallest absolute Gasteiger partial charge is 0.145 e. The summed E-state index contributed by atoms with van der Waals surface area (Å²) in [7, 11) is 1.90. The molecule has 0 amide bonds. The van der Waals surface area contributed by atoms with Crippen LogP contribution in [0, 0.1) is 18.3 Å². The van der Waals surface area contributed by atoms with Crippen molar-refractivity contribution in [1.29, 1.82) is 5.26 Å². The van der Waals surface area contributed by atoms with E-state index in [4.69, 9.17) is 0 Å². The predicted octanol–water partition coefficient (Wildman–Crippen LogP) is 1.32. The first-order valence-electron chi connectivity index (χ1n) is 7.05. The van der Waals surface area contributed by atoms with Gasteiger partial charge in [-0.25, -0.2) is 4.98 Å². The number of anilines is 2. The topological polar surface area (TPSA) is 61.0 Å². The number of piperazine rings is 1. The summed E-state index contributed by atoms with van der Waals surface area (Å²) >= 11 is 0. The van der Waals surface area contributed by atoms with Gasteiger partial charge in [0.05, 0.1) is 5.69 Å². The fraction of sp³-hybridized carbons (Fsp3) is 0.400. The minimum Gasteiger partial charge on any atom is -0.353 e. The molecule has 0 aromatic carbocycles. The van der Waals surface area contributed by atoms with Gasteiger partial charge in [-0.2, -0.15) is 10.4 Å². The predicted molar refractivity (Wildman–Crippen MR) is 81.3 cm³/mol. The first kappa shape index (κ1) is 13.4. The van der Waals surface area contributed by atoms with E-state index in [2.05, 4.69) is 26.0 Å². The summed E-state index contributed by atoms with van der Waals surface area (Å²) in [5.74, 6) is 1.94. The highest BCUT2D eigenvalue weighted by Gasteiger charge is 2.24. The molecule has 0 N–H and O–H groups in total. The number of hydrogen-bond donors (Lipinski definition) is 0. The molecule has 2 aromatic heterocycles. The van der Waals surface area contributed by atoms with Crippen LogP contribution in [0.25, 0.3) is 0 Å². The molecule has 0 saturated carbocycles. The van der Waals surface area contributed by atoms with E-state index in [0.717, 1.165) is 43.5 Å². The molecule has 0 aliphatic carbocycles. The van der Waals surface area contributed by atoms with Crippen molar-refractivity contribution in [2.24, 2.45) is 7.05 Å². The molecule has 0 spiro atoms. The minimum atomic E-state index is 0.684. The average Bonchev–Trinajstić information content (AvgIpc) is 2.82. The van der Waals surface area contributed by atoms with Gasteiger partial charge in [-0.3, -0.25) is 4.68 Å². The van der Waals surface area contributed by atoms with Crippen molar-refractivity contribution >= 4 is 11.6 Å². The molecule has 108 valence electrons. The molecular weight excluding hydrogens is 264 g/mol. The Morgan fingerprint density at radius 3 is 2.48 bits per heavy atom. The highest BCUT2D eigenvalue weighted by Crippen LogP contribution is 2.24. The molecule has 0 radical (unpaired) electrons. The Bertz CT molecular complexity index is 661. The van der Waals surface area contributed by atoms with E-state index in [1.807, 2.05) is 43.0 Å². The maximum atomic E-state index is 9.32. The summed E-state index contributed by atoms with van der Waals surface area (Å²) in [6, 6.07) is 8.24. The number of aromatic nitrogens is 3. The lowest BCUT2D eigenvalue weighted by molar-refractivity contribution is 0.619. The molecule has 2 aromatic rings. The van der Waals surface area contributed by atoms with Crippen molar-refractivity contribution in [3.8, 4) is 6.07 Å². The molecule has 21 heavy (non-hydrogen) atoms. The van der Waals surface area contributed by atoms with Crippen LogP contribution in [0.5, 0.6) is 0 Å². The number of nitriles is 1. The second-order valence-electron chi connectivity index (χ2n) is 5.18. The van der Waals surface area contributed by atoms with Crippen LogP contribution in [0.1, 0.15) is 11.3 Å². The van der Waals surface area contributed by atoms with Crippen molar-refractivity contribution in [2.75, 3.05) is 36.0 Å².